The van der Waals surface area contributed by atoms with Gasteiger partial charge in [-0.3, -0.25) is 0 Å². The monoisotopic (exact) mass is 380 g/mol. The van der Waals surface area contributed by atoms with Crippen LogP contribution >= 0.6 is 0 Å². The predicted octanol–water partition coefficient (Wildman–Crippen LogP) is 6.86. The van der Waals surface area contributed by atoms with E-state index in [0.29, 0.717) is 0 Å². The number of ether oxygens (including phenoxy) is 1. The molecule has 1 aliphatic rings. The standard InChI is InChI=1S/C25H36N2O/c1-3-5-7-22-18-26-25(27-19-22)23-13-15-24(16-14-23)28-17-6-8-21-11-9-20(4-2)10-12-21/h13-16,18-21H,3-12,17H2,1-2H3. The lowest BCUT2D eigenvalue weighted by Crippen LogP contribution is -2.14. The van der Waals surface area contributed by atoms with Crippen LogP contribution in [0.4, 0.5) is 0 Å². The largest absolute Gasteiger partial charge is 0.494 e. The molecule has 1 aromatic heterocycles. The zero-order chi connectivity index (χ0) is 19.6. The second-order valence-electron chi connectivity index (χ2n) is 8.33. The number of rotatable bonds is 10. The van der Waals surface area contributed by atoms with Gasteiger partial charge in [-0.05, 0) is 67.3 Å². The molecule has 2 aromatic rings. The van der Waals surface area contributed by atoms with Crippen molar-refractivity contribution >= 4 is 0 Å². The van der Waals surface area contributed by atoms with E-state index in [-0.39, 0.29) is 0 Å². The molecule has 1 heterocycles. The summed E-state index contributed by atoms with van der Waals surface area (Å²) in [5.41, 5.74) is 2.26. The van der Waals surface area contributed by atoms with E-state index in [2.05, 4.69) is 35.9 Å². The van der Waals surface area contributed by atoms with E-state index in [4.69, 9.17) is 4.74 Å². The number of benzene rings is 1. The van der Waals surface area contributed by atoms with Crippen molar-refractivity contribution < 1.29 is 4.74 Å². The van der Waals surface area contributed by atoms with Crippen LogP contribution in [0.15, 0.2) is 36.7 Å². The Labute approximate surface area is 171 Å². The van der Waals surface area contributed by atoms with Crippen LogP contribution in [0.3, 0.4) is 0 Å². The van der Waals surface area contributed by atoms with E-state index >= 15 is 0 Å². The molecule has 0 atom stereocenters. The summed E-state index contributed by atoms with van der Waals surface area (Å²) in [5, 5.41) is 0. The maximum atomic E-state index is 5.95. The summed E-state index contributed by atoms with van der Waals surface area (Å²) < 4.78 is 5.95. The molecule has 1 fully saturated rings. The lowest BCUT2D eigenvalue weighted by Gasteiger charge is -2.27. The predicted molar refractivity (Wildman–Crippen MR) is 117 cm³/mol. The lowest BCUT2D eigenvalue weighted by atomic mass is 9.79. The van der Waals surface area contributed by atoms with Crippen molar-refractivity contribution in [2.75, 3.05) is 6.61 Å². The molecule has 1 aromatic carbocycles. The highest BCUT2D eigenvalue weighted by atomic mass is 16.5. The van der Waals surface area contributed by atoms with Gasteiger partial charge in [0.2, 0.25) is 0 Å². The molecule has 0 saturated heterocycles. The quantitative estimate of drug-likeness (QED) is 0.422. The SMILES string of the molecule is CCCCc1cnc(-c2ccc(OCCCC3CCC(CC)CC3)cc2)nc1. The number of aryl methyl sites for hydroxylation is 1. The maximum Gasteiger partial charge on any atom is 0.159 e. The van der Waals surface area contributed by atoms with Crippen LogP contribution in [0.25, 0.3) is 11.4 Å². The van der Waals surface area contributed by atoms with E-state index < -0.39 is 0 Å². The zero-order valence-corrected chi connectivity index (χ0v) is 17.7. The van der Waals surface area contributed by atoms with Gasteiger partial charge in [-0.25, -0.2) is 9.97 Å². The molecule has 0 aliphatic heterocycles. The number of aromatic nitrogens is 2. The molecule has 3 heteroatoms. The molecule has 0 unspecified atom stereocenters. The minimum atomic E-state index is 0.787. The van der Waals surface area contributed by atoms with E-state index in [0.717, 1.165) is 48.4 Å². The van der Waals surface area contributed by atoms with Gasteiger partial charge in [-0.15, -0.1) is 0 Å². The molecule has 0 spiro atoms. The first-order valence-corrected chi connectivity index (χ1v) is 11.3. The molecule has 28 heavy (non-hydrogen) atoms. The van der Waals surface area contributed by atoms with E-state index in [9.17, 15) is 0 Å². The second kappa shape index (κ2) is 11.2. The van der Waals surface area contributed by atoms with Crippen LogP contribution in [0, 0.1) is 11.8 Å². The summed E-state index contributed by atoms with van der Waals surface area (Å²) in [6, 6.07) is 8.19. The number of hydrogen-bond donors (Lipinski definition) is 0. The van der Waals surface area contributed by atoms with Crippen molar-refractivity contribution in [3.63, 3.8) is 0 Å². The summed E-state index contributed by atoms with van der Waals surface area (Å²) in [5.74, 6) is 3.64. The van der Waals surface area contributed by atoms with Crippen molar-refractivity contribution in [3.8, 4) is 17.1 Å². The summed E-state index contributed by atoms with van der Waals surface area (Å²) in [6.07, 6.45) is 16.9. The molecule has 0 radical (unpaired) electrons. The van der Waals surface area contributed by atoms with Crippen molar-refractivity contribution in [1.82, 2.24) is 9.97 Å². The van der Waals surface area contributed by atoms with Crippen LogP contribution in [-0.2, 0) is 6.42 Å². The minimum Gasteiger partial charge on any atom is -0.494 e. The van der Waals surface area contributed by atoms with Gasteiger partial charge >= 0.3 is 0 Å². The molecule has 0 amide bonds. The number of unbranched alkanes of at least 4 members (excludes halogenated alkanes) is 1. The van der Waals surface area contributed by atoms with Gasteiger partial charge in [-0.2, -0.15) is 0 Å². The molecular formula is C25H36N2O. The molecule has 3 rings (SSSR count). The summed E-state index contributed by atoms with van der Waals surface area (Å²) in [7, 11) is 0. The summed E-state index contributed by atoms with van der Waals surface area (Å²) >= 11 is 0. The molecule has 0 bridgehead atoms. The first-order chi connectivity index (χ1) is 13.8. The van der Waals surface area contributed by atoms with Crippen LogP contribution in [0.2, 0.25) is 0 Å². The fourth-order valence-electron chi connectivity index (χ4n) is 4.20. The third-order valence-electron chi connectivity index (χ3n) is 6.21. The van der Waals surface area contributed by atoms with Crippen LogP contribution in [0.1, 0.15) is 77.2 Å². The Morgan fingerprint density at radius 1 is 0.893 bits per heavy atom. The average molecular weight is 381 g/mol. The molecule has 1 saturated carbocycles. The Morgan fingerprint density at radius 3 is 2.21 bits per heavy atom. The first kappa shape index (κ1) is 20.8. The van der Waals surface area contributed by atoms with Crippen LogP contribution in [0.5, 0.6) is 5.75 Å². The van der Waals surface area contributed by atoms with Crippen LogP contribution in [-0.4, -0.2) is 16.6 Å². The van der Waals surface area contributed by atoms with Gasteiger partial charge in [0.25, 0.3) is 0 Å². The lowest BCUT2D eigenvalue weighted by molar-refractivity contribution is 0.234. The molecule has 1 aliphatic carbocycles. The minimum absolute atomic E-state index is 0.787. The highest BCUT2D eigenvalue weighted by Crippen LogP contribution is 2.33. The van der Waals surface area contributed by atoms with Crippen molar-refractivity contribution in [2.24, 2.45) is 11.8 Å². The third-order valence-corrected chi connectivity index (χ3v) is 6.21. The Morgan fingerprint density at radius 2 is 1.57 bits per heavy atom. The zero-order valence-electron chi connectivity index (χ0n) is 17.7. The van der Waals surface area contributed by atoms with Crippen molar-refractivity contribution in [3.05, 3.63) is 42.2 Å². The average Bonchev–Trinajstić information content (AvgIpc) is 2.76. The Kier molecular flexibility index (Phi) is 8.32. The Balaban J connectivity index is 1.39. The topological polar surface area (TPSA) is 35.0 Å². The maximum absolute atomic E-state index is 5.95. The van der Waals surface area contributed by atoms with E-state index in [1.54, 1.807) is 0 Å². The van der Waals surface area contributed by atoms with Gasteiger partial charge in [0.15, 0.2) is 5.82 Å². The molecular weight excluding hydrogens is 344 g/mol. The van der Waals surface area contributed by atoms with Gasteiger partial charge in [-0.1, -0.05) is 52.4 Å². The first-order valence-electron chi connectivity index (χ1n) is 11.3. The number of nitrogens with zero attached hydrogens (tertiary/aromatic N) is 2. The van der Waals surface area contributed by atoms with Gasteiger partial charge in [0, 0.05) is 18.0 Å². The molecule has 3 nitrogen and oxygen atoms in total. The third kappa shape index (κ3) is 6.32. The summed E-state index contributed by atoms with van der Waals surface area (Å²) in [6.45, 7) is 5.35. The van der Waals surface area contributed by atoms with Gasteiger partial charge in [0.05, 0.1) is 6.61 Å². The Bertz CT molecular complexity index is 673. The fraction of sp³-hybridized carbons (Fsp3) is 0.600. The second-order valence-corrected chi connectivity index (χ2v) is 8.33. The normalized spacial score (nSPS) is 19.5. The Hall–Kier alpha value is -1.90. The smallest absolute Gasteiger partial charge is 0.159 e. The fourth-order valence-corrected chi connectivity index (χ4v) is 4.20. The summed E-state index contributed by atoms with van der Waals surface area (Å²) in [4.78, 5) is 9.04. The highest BCUT2D eigenvalue weighted by molar-refractivity contribution is 5.55. The van der Waals surface area contributed by atoms with Crippen molar-refractivity contribution in [1.29, 1.82) is 0 Å². The van der Waals surface area contributed by atoms with Gasteiger partial charge in [0.1, 0.15) is 5.75 Å². The van der Waals surface area contributed by atoms with E-state index in [1.807, 2.05) is 24.5 Å². The van der Waals surface area contributed by atoms with E-state index in [1.165, 1.54) is 56.9 Å². The van der Waals surface area contributed by atoms with Gasteiger partial charge < -0.3 is 4.74 Å². The van der Waals surface area contributed by atoms with Crippen molar-refractivity contribution in [2.45, 2.75) is 78.1 Å². The molecule has 152 valence electrons. The highest BCUT2D eigenvalue weighted by Gasteiger charge is 2.19. The van der Waals surface area contributed by atoms with Crippen LogP contribution < -0.4 is 4.74 Å². The number of hydrogen-bond acceptors (Lipinski definition) is 3. The molecule has 0 N–H and O–H groups in total.